The minimum atomic E-state index is 0.308. The van der Waals surface area contributed by atoms with Crippen LogP contribution in [0, 0.1) is 6.92 Å². The smallest absolute Gasteiger partial charge is 0.0313 e. The third-order valence-corrected chi connectivity index (χ3v) is 5.63. The summed E-state index contributed by atoms with van der Waals surface area (Å²) in [6.45, 7) is 2.21. The van der Waals surface area contributed by atoms with Crippen molar-refractivity contribution in [2.75, 3.05) is 11.5 Å². The molecule has 2 aromatic carbocycles. The van der Waals surface area contributed by atoms with Gasteiger partial charge in [-0.25, -0.2) is 0 Å². The van der Waals surface area contributed by atoms with Gasteiger partial charge >= 0.3 is 0 Å². The van der Waals surface area contributed by atoms with Crippen molar-refractivity contribution in [3.05, 3.63) is 59.2 Å². The Kier molecular flexibility index (Phi) is 2.16. The zero-order chi connectivity index (χ0) is 12.2. The highest BCUT2D eigenvalue weighted by molar-refractivity contribution is 7.99. The number of fused-ring (bicyclic) bond motifs is 5. The summed E-state index contributed by atoms with van der Waals surface area (Å²) in [7, 11) is 0. The van der Waals surface area contributed by atoms with Crippen molar-refractivity contribution in [1.29, 1.82) is 0 Å². The van der Waals surface area contributed by atoms with Gasteiger partial charge in [-0.2, -0.15) is 11.8 Å². The molecule has 1 fully saturated rings. The van der Waals surface area contributed by atoms with E-state index in [1.165, 1.54) is 34.6 Å². The summed E-state index contributed by atoms with van der Waals surface area (Å²) in [5.41, 5.74) is 7.78. The van der Waals surface area contributed by atoms with Gasteiger partial charge in [0, 0.05) is 11.2 Å². The van der Waals surface area contributed by atoms with Crippen molar-refractivity contribution in [3.8, 4) is 11.1 Å². The van der Waals surface area contributed by atoms with E-state index in [4.69, 9.17) is 0 Å². The Labute approximate surface area is 112 Å². The van der Waals surface area contributed by atoms with Crippen LogP contribution in [-0.4, -0.2) is 11.5 Å². The highest BCUT2D eigenvalue weighted by Gasteiger charge is 2.45. The van der Waals surface area contributed by atoms with Gasteiger partial charge in [-0.15, -0.1) is 0 Å². The van der Waals surface area contributed by atoms with Crippen molar-refractivity contribution in [3.63, 3.8) is 0 Å². The van der Waals surface area contributed by atoms with Crippen molar-refractivity contribution in [1.82, 2.24) is 0 Å². The van der Waals surface area contributed by atoms with E-state index in [0.717, 1.165) is 0 Å². The zero-order valence-electron chi connectivity index (χ0n) is 10.6. The zero-order valence-corrected chi connectivity index (χ0v) is 11.4. The van der Waals surface area contributed by atoms with Gasteiger partial charge < -0.3 is 0 Å². The normalized spacial score (nSPS) is 24.3. The molecule has 90 valence electrons. The number of hydrogen-bond acceptors (Lipinski definition) is 1. The van der Waals surface area contributed by atoms with Crippen LogP contribution in [0.25, 0.3) is 11.1 Å². The molecule has 0 bridgehead atoms. The Balaban J connectivity index is 2.08. The second-order valence-corrected chi connectivity index (χ2v) is 6.58. The molecule has 1 spiro atoms. The van der Waals surface area contributed by atoms with E-state index in [9.17, 15) is 0 Å². The number of aryl methyl sites for hydroxylation is 1. The molecule has 4 rings (SSSR count). The number of thioether (sulfide) groups is 1. The molecule has 2 aliphatic rings. The molecule has 0 aromatic heterocycles. The number of rotatable bonds is 0. The molecule has 1 aliphatic carbocycles. The monoisotopic (exact) mass is 252 g/mol. The fourth-order valence-electron chi connectivity index (χ4n) is 3.56. The van der Waals surface area contributed by atoms with Crippen molar-refractivity contribution < 1.29 is 0 Å². The number of benzene rings is 2. The molecule has 0 N–H and O–H groups in total. The fraction of sp³-hybridized carbons (Fsp3) is 0.294. The van der Waals surface area contributed by atoms with Gasteiger partial charge in [-0.1, -0.05) is 48.0 Å². The summed E-state index contributed by atoms with van der Waals surface area (Å²) in [6.07, 6.45) is 1.30. The van der Waals surface area contributed by atoms with Crippen LogP contribution >= 0.6 is 11.8 Å². The fourth-order valence-corrected chi connectivity index (χ4v) is 5.00. The van der Waals surface area contributed by atoms with E-state index in [1.807, 2.05) is 0 Å². The Hall–Kier alpha value is -1.21. The Bertz CT molecular complexity index is 621. The highest BCUT2D eigenvalue weighted by Crippen LogP contribution is 2.55. The summed E-state index contributed by atoms with van der Waals surface area (Å²) >= 11 is 2.10. The molecule has 18 heavy (non-hydrogen) atoms. The van der Waals surface area contributed by atoms with Crippen LogP contribution < -0.4 is 0 Å². The third-order valence-electron chi connectivity index (χ3n) is 4.45. The lowest BCUT2D eigenvalue weighted by Crippen LogP contribution is -2.24. The quantitative estimate of drug-likeness (QED) is 0.669. The maximum atomic E-state index is 2.42. The van der Waals surface area contributed by atoms with Gasteiger partial charge in [0.15, 0.2) is 0 Å². The van der Waals surface area contributed by atoms with Crippen LogP contribution in [0.15, 0.2) is 42.5 Å². The first-order chi connectivity index (χ1) is 8.81. The van der Waals surface area contributed by atoms with Crippen molar-refractivity contribution in [2.45, 2.75) is 18.8 Å². The predicted octanol–water partition coefficient (Wildman–Crippen LogP) is 4.40. The second-order valence-electron chi connectivity index (χ2n) is 5.48. The van der Waals surface area contributed by atoms with Gasteiger partial charge in [0.1, 0.15) is 0 Å². The molecule has 1 unspecified atom stereocenters. The van der Waals surface area contributed by atoms with Crippen molar-refractivity contribution >= 4 is 11.8 Å². The lowest BCUT2D eigenvalue weighted by atomic mass is 9.77. The third kappa shape index (κ3) is 1.23. The summed E-state index contributed by atoms with van der Waals surface area (Å²) in [5.74, 6) is 2.54. The minimum absolute atomic E-state index is 0.308. The topological polar surface area (TPSA) is 0 Å². The van der Waals surface area contributed by atoms with E-state index in [0.29, 0.717) is 5.41 Å². The molecule has 0 nitrogen and oxygen atoms in total. The molecule has 0 amide bonds. The molecule has 0 saturated carbocycles. The van der Waals surface area contributed by atoms with Crippen LogP contribution in [0.2, 0.25) is 0 Å². The first-order valence-corrected chi connectivity index (χ1v) is 7.75. The molecule has 1 atom stereocenters. The molecule has 1 heterocycles. The SMILES string of the molecule is Cc1ccc2c(c1)C1(CCSC1)c1ccccc1-2. The maximum absolute atomic E-state index is 2.42. The summed E-state index contributed by atoms with van der Waals surface area (Å²) in [6, 6.07) is 16.0. The standard InChI is InChI=1S/C17H16S/c1-12-6-7-14-13-4-2-3-5-15(13)17(16(14)10-12)8-9-18-11-17/h2-7,10H,8-9,11H2,1H3. The van der Waals surface area contributed by atoms with E-state index in [2.05, 4.69) is 61.2 Å². The van der Waals surface area contributed by atoms with Gasteiger partial charge in [-0.05, 0) is 41.4 Å². The lowest BCUT2D eigenvalue weighted by molar-refractivity contribution is 0.603. The molecule has 0 radical (unpaired) electrons. The largest absolute Gasteiger partial charge is 0.161 e. The molecular weight excluding hydrogens is 236 g/mol. The molecule has 1 aliphatic heterocycles. The average Bonchev–Trinajstić information content (AvgIpc) is 2.98. The molecular formula is C17H16S. The average molecular weight is 252 g/mol. The molecule has 1 saturated heterocycles. The molecule has 2 aromatic rings. The Morgan fingerprint density at radius 3 is 2.67 bits per heavy atom. The first kappa shape index (κ1) is 10.7. The van der Waals surface area contributed by atoms with Gasteiger partial charge in [0.05, 0.1) is 0 Å². The van der Waals surface area contributed by atoms with E-state index < -0.39 is 0 Å². The van der Waals surface area contributed by atoms with Crippen LogP contribution in [0.5, 0.6) is 0 Å². The highest BCUT2D eigenvalue weighted by atomic mass is 32.2. The predicted molar refractivity (Wildman–Crippen MR) is 79.3 cm³/mol. The minimum Gasteiger partial charge on any atom is -0.161 e. The van der Waals surface area contributed by atoms with E-state index in [1.54, 1.807) is 11.1 Å². The summed E-state index contributed by atoms with van der Waals surface area (Å²) in [5, 5.41) is 0. The van der Waals surface area contributed by atoms with Gasteiger partial charge in [0.25, 0.3) is 0 Å². The Morgan fingerprint density at radius 2 is 1.83 bits per heavy atom. The van der Waals surface area contributed by atoms with Crippen LogP contribution in [0.1, 0.15) is 23.1 Å². The molecule has 1 heteroatoms. The maximum Gasteiger partial charge on any atom is 0.0313 e. The summed E-state index contributed by atoms with van der Waals surface area (Å²) in [4.78, 5) is 0. The van der Waals surface area contributed by atoms with Gasteiger partial charge in [-0.3, -0.25) is 0 Å². The van der Waals surface area contributed by atoms with Crippen LogP contribution in [0.4, 0.5) is 0 Å². The first-order valence-electron chi connectivity index (χ1n) is 6.60. The second kappa shape index (κ2) is 3.64. The van der Waals surface area contributed by atoms with Crippen LogP contribution in [0.3, 0.4) is 0 Å². The van der Waals surface area contributed by atoms with Crippen molar-refractivity contribution in [2.24, 2.45) is 0 Å². The van der Waals surface area contributed by atoms with Crippen LogP contribution in [-0.2, 0) is 5.41 Å². The summed E-state index contributed by atoms with van der Waals surface area (Å²) < 4.78 is 0. The lowest BCUT2D eigenvalue weighted by Gasteiger charge is -2.25. The number of hydrogen-bond donors (Lipinski definition) is 0. The van der Waals surface area contributed by atoms with E-state index in [-0.39, 0.29) is 0 Å². The Morgan fingerprint density at radius 1 is 1.00 bits per heavy atom. The van der Waals surface area contributed by atoms with E-state index >= 15 is 0 Å². The van der Waals surface area contributed by atoms with Gasteiger partial charge in [0.2, 0.25) is 0 Å².